The standard InChI is InChI=1S/C22H21ClF3N5O2S2/c1-9-4-5-10-13(7-9)35-21(15(10)18(27)32)29-20(33)17-16(23)19-28-11(12-3-2-6-34-12)8-14(22(24,25)26)31(19)30-17/h2-3,6,9,11,14,28H,4-5,7-8H2,1H3,(H2,27,32)(H,29,33)/t9-,11+,14+/m1/s1. The molecule has 3 atom stereocenters. The fourth-order valence-corrected chi connectivity index (χ4v) is 7.14. The lowest BCUT2D eigenvalue weighted by Gasteiger charge is -2.32. The van der Waals surface area contributed by atoms with E-state index in [1.165, 1.54) is 22.7 Å². The molecule has 0 aromatic carbocycles. The highest BCUT2D eigenvalue weighted by Crippen LogP contribution is 2.47. The fourth-order valence-electron chi connectivity index (χ4n) is 4.67. The summed E-state index contributed by atoms with van der Waals surface area (Å²) in [5.74, 6) is -1.11. The largest absolute Gasteiger partial charge is 0.410 e. The van der Waals surface area contributed by atoms with Crippen LogP contribution in [0.4, 0.5) is 24.0 Å². The maximum absolute atomic E-state index is 13.9. The van der Waals surface area contributed by atoms with Gasteiger partial charge in [0.05, 0.1) is 11.6 Å². The number of hydrogen-bond donors (Lipinski definition) is 3. The van der Waals surface area contributed by atoms with E-state index in [1.807, 2.05) is 0 Å². The van der Waals surface area contributed by atoms with E-state index in [0.29, 0.717) is 12.3 Å². The van der Waals surface area contributed by atoms with Crippen LogP contribution in [-0.2, 0) is 12.8 Å². The molecule has 35 heavy (non-hydrogen) atoms. The molecule has 1 aliphatic carbocycles. The van der Waals surface area contributed by atoms with Crippen molar-refractivity contribution in [2.24, 2.45) is 11.7 Å². The summed E-state index contributed by atoms with van der Waals surface area (Å²) in [5.41, 5.74) is 6.32. The highest BCUT2D eigenvalue weighted by molar-refractivity contribution is 7.17. The van der Waals surface area contributed by atoms with E-state index in [4.69, 9.17) is 17.3 Å². The Hall–Kier alpha value is -2.57. The number of halogens is 4. The number of carbonyl (C=O) groups is 2. The second-order valence-electron chi connectivity index (χ2n) is 8.84. The minimum atomic E-state index is -4.60. The van der Waals surface area contributed by atoms with Gasteiger partial charge in [0.25, 0.3) is 11.8 Å². The number of fused-ring (bicyclic) bond motifs is 2. The smallest absolute Gasteiger partial charge is 0.365 e. The SMILES string of the molecule is C[C@@H]1CCc2c(sc(NC(=O)c3nn4c(c3Cl)N[C@H](c3cccs3)C[C@H]4C(F)(F)F)c2C(N)=O)C1. The van der Waals surface area contributed by atoms with Crippen molar-refractivity contribution in [1.82, 2.24) is 9.78 Å². The van der Waals surface area contributed by atoms with Crippen molar-refractivity contribution in [3.05, 3.63) is 49.1 Å². The molecule has 2 amide bonds. The van der Waals surface area contributed by atoms with Crippen molar-refractivity contribution in [1.29, 1.82) is 0 Å². The van der Waals surface area contributed by atoms with Crippen LogP contribution in [0.2, 0.25) is 5.02 Å². The second-order valence-corrected chi connectivity index (χ2v) is 11.3. The van der Waals surface area contributed by atoms with Crippen LogP contribution in [0.15, 0.2) is 17.5 Å². The summed E-state index contributed by atoms with van der Waals surface area (Å²) in [6, 6.07) is 0.913. The summed E-state index contributed by atoms with van der Waals surface area (Å²) in [5, 5.41) is 11.4. The Kier molecular flexibility index (Phi) is 6.09. The van der Waals surface area contributed by atoms with Crippen LogP contribution in [0.1, 0.15) is 68.0 Å². The second kappa shape index (κ2) is 8.82. The monoisotopic (exact) mass is 543 g/mol. The normalized spacial score (nSPS) is 21.7. The maximum atomic E-state index is 13.9. The van der Waals surface area contributed by atoms with Gasteiger partial charge in [-0.1, -0.05) is 24.6 Å². The lowest BCUT2D eigenvalue weighted by atomic mass is 9.88. The molecule has 5 rings (SSSR count). The van der Waals surface area contributed by atoms with Crippen LogP contribution in [0.25, 0.3) is 0 Å². The Morgan fingerprint density at radius 1 is 1.37 bits per heavy atom. The van der Waals surface area contributed by atoms with Crippen LogP contribution in [0.5, 0.6) is 0 Å². The summed E-state index contributed by atoms with van der Waals surface area (Å²) in [7, 11) is 0. The predicted octanol–water partition coefficient (Wildman–Crippen LogP) is 5.80. The molecule has 2 aliphatic rings. The van der Waals surface area contributed by atoms with Gasteiger partial charge in [-0.05, 0) is 42.2 Å². The van der Waals surface area contributed by atoms with Gasteiger partial charge in [-0.25, -0.2) is 4.68 Å². The number of anilines is 2. The lowest BCUT2D eigenvalue weighted by molar-refractivity contribution is -0.173. The summed E-state index contributed by atoms with van der Waals surface area (Å²) in [6.07, 6.45) is -2.57. The number of nitrogens with zero attached hydrogens (tertiary/aromatic N) is 2. The van der Waals surface area contributed by atoms with E-state index in [9.17, 15) is 22.8 Å². The van der Waals surface area contributed by atoms with Gasteiger partial charge in [-0.2, -0.15) is 18.3 Å². The van der Waals surface area contributed by atoms with E-state index in [1.54, 1.807) is 17.5 Å². The molecule has 0 unspecified atom stereocenters. The molecule has 3 aromatic heterocycles. The number of alkyl halides is 3. The quantitative estimate of drug-likeness (QED) is 0.387. The maximum Gasteiger partial charge on any atom is 0.410 e. The number of hydrogen-bond acceptors (Lipinski definition) is 6. The number of aromatic nitrogens is 2. The Labute approximate surface area is 211 Å². The molecule has 0 saturated carbocycles. The van der Waals surface area contributed by atoms with Crippen molar-refractivity contribution in [2.75, 3.05) is 10.6 Å². The van der Waals surface area contributed by atoms with Gasteiger partial charge in [0.1, 0.15) is 15.8 Å². The topological polar surface area (TPSA) is 102 Å². The summed E-state index contributed by atoms with van der Waals surface area (Å²) in [4.78, 5) is 27.0. The van der Waals surface area contributed by atoms with Crippen molar-refractivity contribution in [3.63, 3.8) is 0 Å². The highest BCUT2D eigenvalue weighted by atomic mass is 35.5. The summed E-state index contributed by atoms with van der Waals surface area (Å²) < 4.78 is 42.6. The van der Waals surface area contributed by atoms with Gasteiger partial charge < -0.3 is 16.4 Å². The van der Waals surface area contributed by atoms with Crippen molar-refractivity contribution < 1.29 is 22.8 Å². The number of rotatable bonds is 4. The molecule has 0 saturated heterocycles. The van der Waals surface area contributed by atoms with E-state index in [2.05, 4.69) is 22.7 Å². The van der Waals surface area contributed by atoms with Crippen LogP contribution in [-0.4, -0.2) is 27.8 Å². The van der Waals surface area contributed by atoms with Crippen LogP contribution in [0, 0.1) is 5.92 Å². The predicted molar refractivity (Wildman–Crippen MR) is 130 cm³/mol. The molecule has 0 radical (unpaired) electrons. The molecule has 0 fully saturated rings. The molecule has 13 heteroatoms. The first kappa shape index (κ1) is 24.1. The van der Waals surface area contributed by atoms with Gasteiger partial charge in [0.15, 0.2) is 11.7 Å². The van der Waals surface area contributed by atoms with Crippen LogP contribution in [0.3, 0.4) is 0 Å². The van der Waals surface area contributed by atoms with E-state index in [-0.39, 0.29) is 33.5 Å². The van der Waals surface area contributed by atoms with Crippen molar-refractivity contribution in [3.8, 4) is 0 Å². The highest BCUT2D eigenvalue weighted by Gasteiger charge is 2.48. The minimum Gasteiger partial charge on any atom is -0.365 e. The molecular weight excluding hydrogens is 523 g/mol. The fraction of sp³-hybridized carbons (Fsp3) is 0.409. The van der Waals surface area contributed by atoms with Gasteiger partial charge in [0.2, 0.25) is 0 Å². The summed E-state index contributed by atoms with van der Waals surface area (Å²) >= 11 is 9.00. The van der Waals surface area contributed by atoms with Gasteiger partial charge in [0, 0.05) is 16.2 Å². The molecule has 0 spiro atoms. The molecule has 4 heterocycles. The molecular formula is C22H21ClF3N5O2S2. The Morgan fingerprint density at radius 3 is 2.80 bits per heavy atom. The molecule has 0 bridgehead atoms. The van der Waals surface area contributed by atoms with Crippen LogP contribution < -0.4 is 16.4 Å². The average molecular weight is 544 g/mol. The number of thiophene rings is 2. The van der Waals surface area contributed by atoms with E-state index < -0.39 is 30.1 Å². The third-order valence-corrected chi connectivity index (χ3v) is 8.90. The van der Waals surface area contributed by atoms with Crippen LogP contribution >= 0.6 is 34.3 Å². The molecule has 7 nitrogen and oxygen atoms in total. The zero-order valence-corrected chi connectivity index (χ0v) is 20.8. The van der Waals surface area contributed by atoms with Gasteiger partial charge in [-0.3, -0.25) is 9.59 Å². The van der Waals surface area contributed by atoms with Crippen molar-refractivity contribution in [2.45, 2.75) is 50.9 Å². The molecule has 186 valence electrons. The number of carbonyl (C=O) groups excluding carboxylic acids is 2. The van der Waals surface area contributed by atoms with E-state index >= 15 is 0 Å². The lowest BCUT2D eigenvalue weighted by Crippen LogP contribution is -2.35. The Bertz CT molecular complexity index is 1300. The summed E-state index contributed by atoms with van der Waals surface area (Å²) in [6.45, 7) is 2.10. The Morgan fingerprint density at radius 2 is 2.14 bits per heavy atom. The van der Waals surface area contributed by atoms with Crippen molar-refractivity contribution >= 4 is 56.9 Å². The third kappa shape index (κ3) is 4.31. The van der Waals surface area contributed by atoms with E-state index in [0.717, 1.165) is 32.8 Å². The first-order valence-electron chi connectivity index (χ1n) is 10.9. The molecule has 4 N–H and O–H groups in total. The number of nitrogens with one attached hydrogen (secondary N) is 2. The van der Waals surface area contributed by atoms with Gasteiger partial charge >= 0.3 is 6.18 Å². The Balaban J connectivity index is 1.50. The first-order valence-corrected chi connectivity index (χ1v) is 13.0. The minimum absolute atomic E-state index is 0.0711. The van der Waals surface area contributed by atoms with Gasteiger partial charge in [-0.15, -0.1) is 22.7 Å². The third-order valence-electron chi connectivity index (χ3n) is 6.38. The number of nitrogens with two attached hydrogens (primary N) is 1. The molecule has 1 aliphatic heterocycles. The number of primary amides is 1. The number of amides is 2. The zero-order chi connectivity index (χ0) is 25.1. The zero-order valence-electron chi connectivity index (χ0n) is 18.4. The average Bonchev–Trinajstić information content (AvgIpc) is 3.50. The molecule has 3 aromatic rings. The first-order chi connectivity index (χ1) is 16.5.